The summed E-state index contributed by atoms with van der Waals surface area (Å²) in [6.45, 7) is 4.26. The van der Waals surface area contributed by atoms with Crippen LogP contribution in [-0.4, -0.2) is 59.8 Å². The minimum absolute atomic E-state index is 0.227. The summed E-state index contributed by atoms with van der Waals surface area (Å²) >= 11 is 12.2. The van der Waals surface area contributed by atoms with Crippen LogP contribution in [-0.2, 0) is 16.1 Å². The van der Waals surface area contributed by atoms with Gasteiger partial charge >= 0.3 is 0 Å². The van der Waals surface area contributed by atoms with Gasteiger partial charge in [0, 0.05) is 36.3 Å². The van der Waals surface area contributed by atoms with E-state index in [2.05, 4.69) is 25.7 Å². The topological polar surface area (TPSA) is 125 Å². The second-order valence-electron chi connectivity index (χ2n) is 9.67. The molecule has 2 amide bonds. The fourth-order valence-electron chi connectivity index (χ4n) is 4.77. The number of aromatic amines is 1. The zero-order chi connectivity index (χ0) is 28.1. The molecule has 4 aromatic rings. The lowest BCUT2D eigenvalue weighted by molar-refractivity contribution is -0.117. The van der Waals surface area contributed by atoms with Crippen molar-refractivity contribution in [2.24, 2.45) is 5.73 Å². The molecule has 1 aliphatic rings. The van der Waals surface area contributed by atoms with Gasteiger partial charge < -0.3 is 21.1 Å². The van der Waals surface area contributed by atoms with Gasteiger partial charge in [-0.1, -0.05) is 41.4 Å². The van der Waals surface area contributed by atoms with Gasteiger partial charge in [-0.2, -0.15) is 5.10 Å². The fourth-order valence-corrected chi connectivity index (χ4v) is 5.08. The van der Waals surface area contributed by atoms with E-state index in [-0.39, 0.29) is 11.8 Å². The Hall–Kier alpha value is -3.47. The van der Waals surface area contributed by atoms with Crippen LogP contribution in [0.5, 0.6) is 0 Å². The predicted octanol–water partition coefficient (Wildman–Crippen LogP) is 5.03. The lowest BCUT2D eigenvalue weighted by Gasteiger charge is -2.26. The number of fused-ring (bicyclic) bond motifs is 1. The van der Waals surface area contributed by atoms with Gasteiger partial charge in [0.25, 0.3) is 5.91 Å². The maximum absolute atomic E-state index is 13.2. The third-order valence-electron chi connectivity index (χ3n) is 6.88. The van der Waals surface area contributed by atoms with Crippen molar-refractivity contribution < 1.29 is 14.3 Å². The van der Waals surface area contributed by atoms with Gasteiger partial charge in [-0.3, -0.25) is 19.6 Å². The van der Waals surface area contributed by atoms with E-state index in [1.54, 1.807) is 42.5 Å². The smallest absolute Gasteiger partial charge is 0.256 e. The van der Waals surface area contributed by atoms with Crippen LogP contribution in [0.3, 0.4) is 0 Å². The minimum Gasteiger partial charge on any atom is -0.379 e. The highest BCUT2D eigenvalue weighted by molar-refractivity contribution is 6.42. The molecule has 3 aromatic carbocycles. The second kappa shape index (κ2) is 12.8. The van der Waals surface area contributed by atoms with Crippen molar-refractivity contribution in [2.75, 3.05) is 43.5 Å². The highest BCUT2D eigenvalue weighted by Gasteiger charge is 2.22. The number of morpholine rings is 1. The number of ether oxygens (including phenoxy) is 1. The summed E-state index contributed by atoms with van der Waals surface area (Å²) in [4.78, 5) is 28.7. The predicted molar refractivity (Wildman–Crippen MR) is 158 cm³/mol. The number of benzene rings is 3. The van der Waals surface area contributed by atoms with Gasteiger partial charge in [0.05, 0.1) is 34.7 Å². The van der Waals surface area contributed by atoms with Crippen molar-refractivity contribution in [1.29, 1.82) is 0 Å². The second-order valence-corrected chi connectivity index (χ2v) is 10.5. The molecule has 5 N–H and O–H groups in total. The molecule has 1 aromatic heterocycles. The number of aromatic nitrogens is 2. The summed E-state index contributed by atoms with van der Waals surface area (Å²) in [5.74, 6) is -0.634. The molecule has 208 valence electrons. The van der Waals surface area contributed by atoms with Crippen LogP contribution in [0.2, 0.25) is 10.0 Å². The summed E-state index contributed by atoms with van der Waals surface area (Å²) in [6.07, 6.45) is 0.434. The van der Waals surface area contributed by atoms with Crippen molar-refractivity contribution in [1.82, 2.24) is 15.1 Å². The average Bonchev–Trinajstić information content (AvgIpc) is 3.35. The number of rotatable bonds is 9. The van der Waals surface area contributed by atoms with Crippen LogP contribution in [0.25, 0.3) is 10.9 Å². The Balaban J connectivity index is 1.30. The molecule has 0 aliphatic carbocycles. The van der Waals surface area contributed by atoms with E-state index in [1.165, 1.54) is 0 Å². The molecule has 1 fully saturated rings. The van der Waals surface area contributed by atoms with Crippen LogP contribution in [0, 0.1) is 0 Å². The van der Waals surface area contributed by atoms with E-state index >= 15 is 0 Å². The van der Waals surface area contributed by atoms with Crippen LogP contribution >= 0.6 is 23.2 Å². The molecule has 1 unspecified atom stereocenters. The van der Waals surface area contributed by atoms with E-state index in [0.29, 0.717) is 45.5 Å². The Morgan fingerprint density at radius 3 is 2.62 bits per heavy atom. The lowest BCUT2D eigenvalue weighted by Crippen LogP contribution is -2.35. The molecule has 2 heterocycles. The number of carbonyl (C=O) groups excluding carboxylic acids is 2. The summed E-state index contributed by atoms with van der Waals surface area (Å²) in [5.41, 5.74) is 9.40. The quantitative estimate of drug-likeness (QED) is 0.220. The number of H-pyrrole nitrogens is 1. The Labute approximate surface area is 242 Å². The van der Waals surface area contributed by atoms with Crippen LogP contribution < -0.4 is 16.4 Å². The van der Waals surface area contributed by atoms with E-state index in [0.717, 1.165) is 49.5 Å². The molecule has 11 heteroatoms. The van der Waals surface area contributed by atoms with Gasteiger partial charge in [-0.15, -0.1) is 0 Å². The van der Waals surface area contributed by atoms with Gasteiger partial charge in [0.1, 0.15) is 0 Å². The van der Waals surface area contributed by atoms with Crippen molar-refractivity contribution in [3.63, 3.8) is 0 Å². The van der Waals surface area contributed by atoms with E-state index in [1.807, 2.05) is 18.2 Å². The lowest BCUT2D eigenvalue weighted by atomic mass is 9.94. The number of anilines is 2. The average molecular weight is 582 g/mol. The third kappa shape index (κ3) is 6.63. The first-order valence-electron chi connectivity index (χ1n) is 13.1. The third-order valence-corrected chi connectivity index (χ3v) is 7.62. The number of nitrogens with zero attached hydrogens (tertiary/aromatic N) is 2. The molecule has 1 saturated heterocycles. The van der Waals surface area contributed by atoms with Crippen molar-refractivity contribution in [2.45, 2.75) is 18.9 Å². The molecule has 40 heavy (non-hydrogen) atoms. The Morgan fingerprint density at radius 2 is 1.85 bits per heavy atom. The first-order valence-corrected chi connectivity index (χ1v) is 13.8. The van der Waals surface area contributed by atoms with Crippen molar-refractivity contribution in [3.05, 3.63) is 87.4 Å². The first-order chi connectivity index (χ1) is 19.4. The van der Waals surface area contributed by atoms with Gasteiger partial charge in [-0.25, -0.2) is 0 Å². The van der Waals surface area contributed by atoms with Crippen LogP contribution in [0.1, 0.15) is 33.8 Å². The minimum atomic E-state index is -0.510. The van der Waals surface area contributed by atoms with Crippen molar-refractivity contribution in [3.8, 4) is 0 Å². The zero-order valence-corrected chi connectivity index (χ0v) is 23.3. The summed E-state index contributed by atoms with van der Waals surface area (Å²) < 4.78 is 5.42. The van der Waals surface area contributed by atoms with Gasteiger partial charge in [-0.05, 0) is 66.6 Å². The summed E-state index contributed by atoms with van der Waals surface area (Å²) in [6, 6.07) is 18.0. The normalized spacial score (nSPS) is 14.7. The number of halogens is 2. The van der Waals surface area contributed by atoms with Crippen LogP contribution in [0.4, 0.5) is 11.5 Å². The first kappa shape index (κ1) is 28.1. The molecular weight excluding hydrogens is 551 g/mol. The highest BCUT2D eigenvalue weighted by atomic mass is 35.5. The molecule has 0 saturated carbocycles. The molecule has 0 radical (unpaired) electrons. The zero-order valence-electron chi connectivity index (χ0n) is 21.8. The van der Waals surface area contributed by atoms with Crippen molar-refractivity contribution >= 4 is 57.4 Å². The number of amides is 2. The standard InChI is InChI=1S/C29H30Cl2N6O3/c30-24-6-4-19(15-25(24)31)22(8-9-32)29(39)33-21-5-7-26-23(16-21)27(36-35-26)34-28(38)20-3-1-2-18(14-20)17-37-10-12-40-13-11-37/h1-7,14-16,22H,8-13,17,32H2,(H,33,39)(H2,34,35,36,38). The Bertz CT molecular complexity index is 1520. The summed E-state index contributed by atoms with van der Waals surface area (Å²) in [5, 5.41) is 14.5. The molecule has 9 nitrogen and oxygen atoms in total. The number of carbonyl (C=O) groups is 2. The number of nitrogens with two attached hydrogens (primary N) is 1. The molecular formula is C29H30Cl2N6O3. The Morgan fingerprint density at radius 1 is 1.02 bits per heavy atom. The molecule has 0 spiro atoms. The van der Waals surface area contributed by atoms with Gasteiger partial charge in [0.2, 0.25) is 5.91 Å². The number of hydrogen-bond acceptors (Lipinski definition) is 6. The monoisotopic (exact) mass is 580 g/mol. The number of nitrogens with one attached hydrogen (secondary N) is 3. The highest BCUT2D eigenvalue weighted by Crippen LogP contribution is 2.30. The van der Waals surface area contributed by atoms with Gasteiger partial charge in [0.15, 0.2) is 5.82 Å². The molecule has 1 atom stereocenters. The Kier molecular flexibility index (Phi) is 8.98. The van der Waals surface area contributed by atoms with E-state index < -0.39 is 5.92 Å². The van der Waals surface area contributed by atoms with E-state index in [9.17, 15) is 9.59 Å². The SMILES string of the molecule is NCCC(C(=O)Nc1ccc2[nH]nc(NC(=O)c3cccc(CN4CCOCC4)c3)c2c1)c1ccc(Cl)c(Cl)c1. The van der Waals surface area contributed by atoms with E-state index in [4.69, 9.17) is 33.7 Å². The molecule has 1 aliphatic heterocycles. The molecule has 0 bridgehead atoms. The molecule has 5 rings (SSSR count). The fraction of sp³-hybridized carbons (Fsp3) is 0.276. The largest absolute Gasteiger partial charge is 0.379 e. The maximum atomic E-state index is 13.2. The maximum Gasteiger partial charge on any atom is 0.256 e. The van der Waals surface area contributed by atoms with Crippen LogP contribution in [0.15, 0.2) is 60.7 Å². The number of hydrogen-bond donors (Lipinski definition) is 4. The summed E-state index contributed by atoms with van der Waals surface area (Å²) in [7, 11) is 0.